The maximum absolute atomic E-state index is 3.87. The van der Waals surface area contributed by atoms with Crippen molar-refractivity contribution in [1.82, 2.24) is 10.2 Å². The number of fused-ring (bicyclic) bond motifs is 1. The van der Waals surface area contributed by atoms with E-state index in [4.69, 9.17) is 0 Å². The van der Waals surface area contributed by atoms with Crippen molar-refractivity contribution < 1.29 is 0 Å². The van der Waals surface area contributed by atoms with E-state index in [2.05, 4.69) is 41.4 Å². The topological polar surface area (TPSA) is 15.3 Å². The lowest BCUT2D eigenvalue weighted by atomic mass is 9.91. The highest BCUT2D eigenvalue weighted by atomic mass is 32.2. The molecule has 21 heavy (non-hydrogen) atoms. The zero-order valence-electron chi connectivity index (χ0n) is 13.0. The van der Waals surface area contributed by atoms with E-state index in [9.17, 15) is 0 Å². The van der Waals surface area contributed by atoms with Gasteiger partial charge in [0.25, 0.3) is 0 Å². The Bertz CT molecular complexity index is 510. The summed E-state index contributed by atoms with van der Waals surface area (Å²) in [7, 11) is 0. The highest BCUT2D eigenvalue weighted by molar-refractivity contribution is 7.99. The second-order valence-electron chi connectivity index (χ2n) is 7.19. The van der Waals surface area contributed by atoms with Crippen molar-refractivity contribution in [2.45, 2.75) is 55.0 Å². The lowest BCUT2D eigenvalue weighted by Gasteiger charge is -2.46. The maximum Gasteiger partial charge on any atom is 0.0309 e. The minimum absolute atomic E-state index is 0.442. The highest BCUT2D eigenvalue weighted by Gasteiger charge is 2.40. The molecule has 4 rings (SSSR count). The average molecular weight is 302 g/mol. The molecule has 1 aromatic rings. The van der Waals surface area contributed by atoms with Gasteiger partial charge in [0.2, 0.25) is 0 Å². The molecule has 1 saturated carbocycles. The first-order valence-electron chi connectivity index (χ1n) is 8.47. The molecule has 2 nitrogen and oxygen atoms in total. The first-order valence-corrected chi connectivity index (χ1v) is 9.45. The SMILES string of the molecule is CC1CNC2(CCCC2)CN1CC1CSc2ccccc21. The molecule has 2 unspecified atom stereocenters. The number of benzene rings is 1. The van der Waals surface area contributed by atoms with Gasteiger partial charge in [-0.25, -0.2) is 0 Å². The summed E-state index contributed by atoms with van der Waals surface area (Å²) in [6.07, 6.45) is 5.59. The molecule has 2 heterocycles. The summed E-state index contributed by atoms with van der Waals surface area (Å²) < 4.78 is 0. The van der Waals surface area contributed by atoms with Crippen LogP contribution in [0.1, 0.15) is 44.1 Å². The molecule has 3 aliphatic rings. The van der Waals surface area contributed by atoms with E-state index in [-0.39, 0.29) is 0 Å². The standard InChI is InChI=1S/C18H26N2S/c1-14-10-19-18(8-4-5-9-18)13-20(14)11-15-12-21-17-7-3-2-6-16(15)17/h2-3,6-7,14-15,19H,4-5,8-13H2,1H3. The van der Waals surface area contributed by atoms with Crippen LogP contribution >= 0.6 is 11.8 Å². The fourth-order valence-corrected chi connectivity index (χ4v) is 5.63. The third kappa shape index (κ3) is 2.64. The van der Waals surface area contributed by atoms with Crippen molar-refractivity contribution >= 4 is 11.8 Å². The van der Waals surface area contributed by atoms with Gasteiger partial charge < -0.3 is 5.32 Å². The summed E-state index contributed by atoms with van der Waals surface area (Å²) in [6.45, 7) is 6.07. The largest absolute Gasteiger partial charge is 0.308 e. The van der Waals surface area contributed by atoms with E-state index in [0.29, 0.717) is 11.6 Å². The predicted molar refractivity (Wildman–Crippen MR) is 90.1 cm³/mol. The van der Waals surface area contributed by atoms with E-state index < -0.39 is 0 Å². The molecule has 2 atom stereocenters. The summed E-state index contributed by atoms with van der Waals surface area (Å²) in [5.41, 5.74) is 2.03. The third-order valence-corrected chi connectivity index (χ3v) is 6.97. The van der Waals surface area contributed by atoms with E-state index in [1.54, 1.807) is 5.56 Å². The van der Waals surface area contributed by atoms with Crippen LogP contribution in [-0.4, -0.2) is 41.9 Å². The minimum Gasteiger partial charge on any atom is -0.308 e. The number of hydrogen-bond acceptors (Lipinski definition) is 3. The molecular formula is C18H26N2S. The summed E-state index contributed by atoms with van der Waals surface area (Å²) >= 11 is 2.05. The molecule has 0 amide bonds. The zero-order chi connectivity index (χ0) is 14.3. The van der Waals surface area contributed by atoms with Gasteiger partial charge in [-0.15, -0.1) is 11.8 Å². The number of piperazine rings is 1. The van der Waals surface area contributed by atoms with Crippen LogP contribution in [0.2, 0.25) is 0 Å². The first kappa shape index (κ1) is 14.1. The van der Waals surface area contributed by atoms with Crippen molar-refractivity contribution in [1.29, 1.82) is 0 Å². The second kappa shape index (κ2) is 5.60. The van der Waals surface area contributed by atoms with E-state index in [1.807, 2.05) is 11.8 Å². The maximum atomic E-state index is 3.87. The van der Waals surface area contributed by atoms with Gasteiger partial charge >= 0.3 is 0 Å². The Morgan fingerprint density at radius 3 is 2.95 bits per heavy atom. The fraction of sp³-hybridized carbons (Fsp3) is 0.667. The Balaban J connectivity index is 1.48. The van der Waals surface area contributed by atoms with Crippen LogP contribution in [0.5, 0.6) is 0 Å². The lowest BCUT2D eigenvalue weighted by molar-refractivity contribution is 0.0851. The molecule has 114 valence electrons. The van der Waals surface area contributed by atoms with Gasteiger partial charge in [0.05, 0.1) is 0 Å². The van der Waals surface area contributed by atoms with Crippen LogP contribution in [-0.2, 0) is 0 Å². The fourth-order valence-electron chi connectivity index (χ4n) is 4.39. The molecule has 0 bridgehead atoms. The van der Waals surface area contributed by atoms with Crippen molar-refractivity contribution in [3.05, 3.63) is 29.8 Å². The molecule has 2 aliphatic heterocycles. The molecule has 0 radical (unpaired) electrons. The van der Waals surface area contributed by atoms with E-state index in [0.717, 1.165) is 5.92 Å². The number of rotatable bonds is 2. The number of nitrogens with zero attached hydrogens (tertiary/aromatic N) is 1. The molecule has 1 saturated heterocycles. The quantitative estimate of drug-likeness (QED) is 0.900. The number of thioether (sulfide) groups is 1. The van der Waals surface area contributed by atoms with Crippen LogP contribution in [0, 0.1) is 0 Å². The van der Waals surface area contributed by atoms with Crippen molar-refractivity contribution in [2.75, 3.05) is 25.4 Å². The molecule has 1 N–H and O–H groups in total. The van der Waals surface area contributed by atoms with Crippen molar-refractivity contribution in [2.24, 2.45) is 0 Å². The molecule has 1 spiro atoms. The van der Waals surface area contributed by atoms with Gasteiger partial charge in [-0.1, -0.05) is 31.0 Å². The summed E-state index contributed by atoms with van der Waals surface area (Å²) in [6, 6.07) is 9.69. The van der Waals surface area contributed by atoms with Gasteiger partial charge in [0, 0.05) is 47.8 Å². The van der Waals surface area contributed by atoms with E-state index in [1.165, 1.54) is 56.0 Å². The molecule has 0 aromatic heterocycles. The van der Waals surface area contributed by atoms with Crippen molar-refractivity contribution in [3.8, 4) is 0 Å². The Morgan fingerprint density at radius 1 is 1.29 bits per heavy atom. The monoisotopic (exact) mass is 302 g/mol. The Morgan fingerprint density at radius 2 is 2.10 bits per heavy atom. The molecule has 3 heteroatoms. The van der Waals surface area contributed by atoms with Gasteiger partial charge in [0.1, 0.15) is 0 Å². The number of hydrogen-bond donors (Lipinski definition) is 1. The van der Waals surface area contributed by atoms with Gasteiger partial charge in [-0.05, 0) is 31.4 Å². The smallest absolute Gasteiger partial charge is 0.0309 e. The lowest BCUT2D eigenvalue weighted by Crippen LogP contribution is -2.62. The Labute approximate surface area is 132 Å². The molecular weight excluding hydrogens is 276 g/mol. The van der Waals surface area contributed by atoms with Crippen molar-refractivity contribution in [3.63, 3.8) is 0 Å². The Hall–Kier alpha value is -0.510. The molecule has 1 aromatic carbocycles. The molecule has 1 aliphatic carbocycles. The third-order valence-electron chi connectivity index (χ3n) is 5.72. The van der Waals surface area contributed by atoms with E-state index >= 15 is 0 Å². The highest BCUT2D eigenvalue weighted by Crippen LogP contribution is 2.41. The van der Waals surface area contributed by atoms with Crippen LogP contribution in [0.25, 0.3) is 0 Å². The summed E-state index contributed by atoms with van der Waals surface area (Å²) in [4.78, 5) is 4.29. The number of nitrogens with one attached hydrogen (secondary N) is 1. The van der Waals surface area contributed by atoms with Gasteiger partial charge in [-0.2, -0.15) is 0 Å². The van der Waals surface area contributed by atoms with Gasteiger partial charge in [-0.3, -0.25) is 4.90 Å². The second-order valence-corrected chi connectivity index (χ2v) is 8.25. The summed E-state index contributed by atoms with van der Waals surface area (Å²) in [5, 5.41) is 3.87. The first-order chi connectivity index (χ1) is 10.3. The predicted octanol–water partition coefficient (Wildman–Crippen LogP) is 3.48. The van der Waals surface area contributed by atoms with Gasteiger partial charge in [0.15, 0.2) is 0 Å². The zero-order valence-corrected chi connectivity index (χ0v) is 13.8. The van der Waals surface area contributed by atoms with Crippen LogP contribution in [0.4, 0.5) is 0 Å². The minimum atomic E-state index is 0.442. The normalized spacial score (nSPS) is 31.7. The Kier molecular flexibility index (Phi) is 3.76. The van der Waals surface area contributed by atoms with Crippen LogP contribution in [0.3, 0.4) is 0 Å². The van der Waals surface area contributed by atoms with Crippen LogP contribution < -0.4 is 5.32 Å². The summed E-state index contributed by atoms with van der Waals surface area (Å²) in [5.74, 6) is 1.99. The average Bonchev–Trinajstić information content (AvgIpc) is 3.12. The van der Waals surface area contributed by atoms with Crippen LogP contribution in [0.15, 0.2) is 29.2 Å². The molecule has 2 fully saturated rings.